The number of benzene rings is 9. The highest BCUT2D eigenvalue weighted by atomic mass is 15.0. The van der Waals surface area contributed by atoms with Crippen LogP contribution in [0.5, 0.6) is 0 Å². The smallest absolute Gasteiger partial charge is 0.0991 e. The van der Waals surface area contributed by atoms with Crippen molar-refractivity contribution in [3.8, 4) is 67.4 Å². The molecule has 1 aromatic heterocycles. The van der Waals surface area contributed by atoms with Crippen LogP contribution in [-0.2, 0) is 0 Å². The summed E-state index contributed by atoms with van der Waals surface area (Å²) in [5.41, 5.74) is 16.6. The molecule has 0 saturated carbocycles. The van der Waals surface area contributed by atoms with Crippen molar-refractivity contribution in [2.24, 2.45) is 0 Å². The van der Waals surface area contributed by atoms with Gasteiger partial charge in [-0.3, -0.25) is 0 Å². The molecule has 10 aromatic rings. The highest BCUT2D eigenvalue weighted by Crippen LogP contribution is 2.58. The van der Waals surface area contributed by atoms with Crippen LogP contribution in [-0.4, -0.2) is 4.57 Å². The van der Waals surface area contributed by atoms with E-state index in [-0.39, 0.29) is 0 Å². The summed E-state index contributed by atoms with van der Waals surface area (Å²) >= 11 is 0. The van der Waals surface area contributed by atoms with Gasteiger partial charge in [-0.2, -0.15) is 5.26 Å². The summed E-state index contributed by atoms with van der Waals surface area (Å²) in [5.74, 6) is 0. The maximum absolute atomic E-state index is 9.42. The molecule has 1 aliphatic rings. The minimum atomic E-state index is 0.658. The van der Waals surface area contributed by atoms with Crippen LogP contribution < -0.4 is 0 Å². The van der Waals surface area contributed by atoms with Crippen molar-refractivity contribution in [1.29, 1.82) is 5.26 Å². The fourth-order valence-electron chi connectivity index (χ4n) is 8.97. The molecule has 0 bridgehead atoms. The first kappa shape index (κ1) is 29.5. The summed E-state index contributed by atoms with van der Waals surface area (Å²) in [6.45, 7) is 0. The molecule has 0 fully saturated rings. The van der Waals surface area contributed by atoms with E-state index in [0.717, 1.165) is 16.7 Å². The first-order valence-corrected chi connectivity index (χ1v) is 18.1. The minimum absolute atomic E-state index is 0.658. The van der Waals surface area contributed by atoms with Crippen LogP contribution in [0.3, 0.4) is 0 Å². The third-order valence-corrected chi connectivity index (χ3v) is 11.2. The van der Waals surface area contributed by atoms with Crippen LogP contribution in [0.4, 0.5) is 0 Å². The summed E-state index contributed by atoms with van der Waals surface area (Å²) in [7, 11) is 0. The fourth-order valence-corrected chi connectivity index (χ4v) is 8.97. The maximum atomic E-state index is 9.42. The molecule has 0 unspecified atom stereocenters. The Hall–Kier alpha value is -7.21. The lowest BCUT2D eigenvalue weighted by Gasteiger charge is -2.20. The number of para-hydroxylation sites is 1. The molecule has 2 heteroatoms. The molecule has 0 aliphatic heterocycles. The Morgan fingerprint density at radius 1 is 0.358 bits per heavy atom. The highest BCUT2D eigenvalue weighted by molar-refractivity contribution is 6.29. The molecule has 11 rings (SSSR count). The Morgan fingerprint density at radius 3 is 1.57 bits per heavy atom. The van der Waals surface area contributed by atoms with E-state index in [1.807, 2.05) is 24.3 Å². The lowest BCUT2D eigenvalue weighted by atomic mass is 9.82. The number of fused-ring (bicyclic) bond motifs is 7. The van der Waals surface area contributed by atoms with E-state index in [4.69, 9.17) is 0 Å². The Morgan fingerprint density at radius 2 is 0.906 bits per heavy atom. The Balaban J connectivity index is 1.19. The van der Waals surface area contributed by atoms with Crippen molar-refractivity contribution in [3.63, 3.8) is 0 Å². The van der Waals surface area contributed by atoms with Crippen molar-refractivity contribution >= 4 is 43.4 Å². The second kappa shape index (κ2) is 11.4. The Bertz CT molecular complexity index is 3050. The van der Waals surface area contributed by atoms with Gasteiger partial charge >= 0.3 is 0 Å². The fraction of sp³-hybridized carbons (Fsp3) is 0. The van der Waals surface area contributed by atoms with Crippen LogP contribution in [0.15, 0.2) is 182 Å². The number of nitriles is 1. The number of nitrogens with zero attached hydrogens (tertiary/aromatic N) is 2. The maximum Gasteiger partial charge on any atom is 0.0991 e. The summed E-state index contributed by atoms with van der Waals surface area (Å²) in [6.07, 6.45) is 0. The number of hydrogen-bond donors (Lipinski definition) is 0. The van der Waals surface area contributed by atoms with Gasteiger partial charge in [0.25, 0.3) is 0 Å². The molecule has 244 valence electrons. The molecule has 0 N–H and O–H groups in total. The van der Waals surface area contributed by atoms with E-state index in [9.17, 15) is 5.26 Å². The standard InChI is InChI=1S/C51H30N2/c52-31-32-22-25-36(26-23-32)53-45-21-10-9-16-38(45)44-30-35(24-29-46(44)53)37-27-28-43-49-39(37)19-11-20-42(49)50-47(33-12-3-1-4-13-33)40-17-7-8-18-41(40)48(51(43)50)34-14-5-2-6-15-34/h1-30H. The van der Waals surface area contributed by atoms with Gasteiger partial charge < -0.3 is 4.57 Å². The molecule has 0 amide bonds. The number of hydrogen-bond acceptors (Lipinski definition) is 1. The monoisotopic (exact) mass is 670 g/mol. The zero-order valence-corrected chi connectivity index (χ0v) is 28.7. The van der Waals surface area contributed by atoms with Crippen LogP contribution in [0, 0.1) is 11.3 Å². The largest absolute Gasteiger partial charge is 0.309 e. The van der Waals surface area contributed by atoms with E-state index in [0.29, 0.717) is 5.56 Å². The van der Waals surface area contributed by atoms with Crippen LogP contribution in [0.2, 0.25) is 0 Å². The molecule has 1 aliphatic carbocycles. The van der Waals surface area contributed by atoms with Gasteiger partial charge in [-0.1, -0.05) is 140 Å². The molecule has 1 heterocycles. The molecular formula is C51H30N2. The van der Waals surface area contributed by atoms with E-state index < -0.39 is 0 Å². The summed E-state index contributed by atoms with van der Waals surface area (Å²) in [5, 5.41) is 16.9. The molecule has 0 radical (unpaired) electrons. The Kier molecular flexibility index (Phi) is 6.35. The molecular weight excluding hydrogens is 641 g/mol. The first-order valence-electron chi connectivity index (χ1n) is 18.1. The molecule has 0 spiro atoms. The average molecular weight is 671 g/mol. The zero-order chi connectivity index (χ0) is 35.0. The second-order valence-corrected chi connectivity index (χ2v) is 13.9. The third kappa shape index (κ3) is 4.26. The van der Waals surface area contributed by atoms with Gasteiger partial charge in [0.05, 0.1) is 22.7 Å². The van der Waals surface area contributed by atoms with Crippen molar-refractivity contribution in [2.45, 2.75) is 0 Å². The lowest BCUT2D eigenvalue weighted by Crippen LogP contribution is -1.93. The zero-order valence-electron chi connectivity index (χ0n) is 28.7. The lowest BCUT2D eigenvalue weighted by molar-refractivity contribution is 1.18. The Labute approximate surface area is 307 Å². The first-order chi connectivity index (χ1) is 26.3. The predicted octanol–water partition coefficient (Wildman–Crippen LogP) is 13.6. The van der Waals surface area contributed by atoms with E-state index >= 15 is 0 Å². The van der Waals surface area contributed by atoms with Crippen molar-refractivity contribution in [1.82, 2.24) is 4.57 Å². The van der Waals surface area contributed by atoms with Gasteiger partial charge in [-0.25, -0.2) is 0 Å². The van der Waals surface area contributed by atoms with Crippen LogP contribution in [0.25, 0.3) is 105 Å². The van der Waals surface area contributed by atoms with Gasteiger partial charge in [0.1, 0.15) is 0 Å². The van der Waals surface area contributed by atoms with Crippen LogP contribution in [0.1, 0.15) is 5.56 Å². The number of rotatable bonds is 4. The summed E-state index contributed by atoms with van der Waals surface area (Å²) in [6, 6.07) is 67.9. The van der Waals surface area contributed by atoms with E-state index in [2.05, 4.69) is 168 Å². The van der Waals surface area contributed by atoms with Gasteiger partial charge in [0.2, 0.25) is 0 Å². The molecule has 0 atom stereocenters. The van der Waals surface area contributed by atoms with Gasteiger partial charge in [-0.15, -0.1) is 0 Å². The molecule has 9 aromatic carbocycles. The van der Waals surface area contributed by atoms with Crippen molar-refractivity contribution in [3.05, 3.63) is 188 Å². The normalized spacial score (nSPS) is 11.8. The third-order valence-electron chi connectivity index (χ3n) is 11.2. The van der Waals surface area contributed by atoms with Crippen molar-refractivity contribution in [2.75, 3.05) is 0 Å². The van der Waals surface area contributed by atoms with Gasteiger partial charge in [0, 0.05) is 16.5 Å². The van der Waals surface area contributed by atoms with Gasteiger partial charge in [0.15, 0.2) is 0 Å². The minimum Gasteiger partial charge on any atom is -0.309 e. The highest BCUT2D eigenvalue weighted by Gasteiger charge is 2.31. The average Bonchev–Trinajstić information content (AvgIpc) is 3.74. The quantitative estimate of drug-likeness (QED) is 0.183. The molecule has 2 nitrogen and oxygen atoms in total. The van der Waals surface area contributed by atoms with Crippen molar-refractivity contribution < 1.29 is 0 Å². The second-order valence-electron chi connectivity index (χ2n) is 13.9. The van der Waals surface area contributed by atoms with E-state index in [1.54, 1.807) is 0 Å². The van der Waals surface area contributed by atoms with Gasteiger partial charge in [-0.05, 0) is 120 Å². The topological polar surface area (TPSA) is 28.7 Å². The molecule has 53 heavy (non-hydrogen) atoms. The summed E-state index contributed by atoms with van der Waals surface area (Å²) < 4.78 is 2.31. The van der Waals surface area contributed by atoms with Crippen LogP contribution >= 0.6 is 0 Å². The molecule has 0 saturated heterocycles. The number of aromatic nitrogens is 1. The van der Waals surface area contributed by atoms with E-state index in [1.165, 1.54) is 88.0 Å². The predicted molar refractivity (Wildman–Crippen MR) is 221 cm³/mol. The summed E-state index contributed by atoms with van der Waals surface area (Å²) in [4.78, 5) is 0. The SMILES string of the molecule is N#Cc1ccc(-n2c3ccccc3c3cc(-c4ccc5c6c(cccc46)-c4c-5c(-c5ccccc5)c5ccccc5c4-c4ccccc4)ccc32)cc1.